The Labute approximate surface area is 148 Å². The molecular formula is C17H25N3O4S. The van der Waals surface area contributed by atoms with Crippen molar-refractivity contribution in [2.24, 2.45) is 22.4 Å². The summed E-state index contributed by atoms with van der Waals surface area (Å²) < 4.78 is 30.0. The number of hydrogen-bond acceptors (Lipinski definition) is 4. The van der Waals surface area contributed by atoms with E-state index >= 15 is 0 Å². The smallest absolute Gasteiger partial charge is 0.283 e. The van der Waals surface area contributed by atoms with Gasteiger partial charge in [-0.05, 0) is 36.0 Å². The molecule has 0 radical (unpaired) electrons. The minimum Gasteiger partial charge on any atom is -0.496 e. The number of benzene rings is 1. The summed E-state index contributed by atoms with van der Waals surface area (Å²) in [6.45, 7) is 2.13. The maximum atomic E-state index is 12.4. The predicted molar refractivity (Wildman–Crippen MR) is 96.6 cm³/mol. The summed E-state index contributed by atoms with van der Waals surface area (Å²) in [5, 5.41) is 0. The first-order chi connectivity index (χ1) is 11.6. The molecule has 2 unspecified atom stereocenters. The van der Waals surface area contributed by atoms with Gasteiger partial charge in [-0.3, -0.25) is 4.79 Å². The highest BCUT2D eigenvalue weighted by Gasteiger charge is 2.30. The molecule has 2 atom stereocenters. The van der Waals surface area contributed by atoms with Crippen molar-refractivity contribution in [3.63, 3.8) is 0 Å². The van der Waals surface area contributed by atoms with Gasteiger partial charge in [-0.2, -0.15) is 4.99 Å². The minimum absolute atomic E-state index is 0.0311. The molecule has 1 fully saturated rings. The Bertz CT molecular complexity index is 798. The van der Waals surface area contributed by atoms with Gasteiger partial charge in [-0.25, -0.2) is 8.42 Å². The highest BCUT2D eigenvalue weighted by atomic mass is 32.2. The summed E-state index contributed by atoms with van der Waals surface area (Å²) in [5.41, 5.74) is 11.3. The molecular weight excluding hydrogens is 342 g/mol. The van der Waals surface area contributed by atoms with Crippen LogP contribution < -0.4 is 16.2 Å². The fourth-order valence-electron chi connectivity index (χ4n) is 3.48. The zero-order valence-electron chi connectivity index (χ0n) is 14.8. The molecule has 0 bridgehead atoms. The standard InChI is InChI=1S/C17H25N3O4S/c1-10-6-4-5-7-11(10)12-8-14(24-2)13(16(21)20-17(18)19)9-15(12)25(3,22)23/h8-11H,4-7H2,1-3H3,(H4,18,19,20,21). The quantitative estimate of drug-likeness (QED) is 0.617. The number of hydrogen-bond donors (Lipinski definition) is 2. The van der Waals surface area contributed by atoms with E-state index < -0.39 is 21.7 Å². The average Bonchev–Trinajstić information content (AvgIpc) is 2.52. The molecule has 4 N–H and O–H groups in total. The van der Waals surface area contributed by atoms with Crippen molar-refractivity contribution in [2.45, 2.75) is 43.4 Å². The Morgan fingerprint density at radius 3 is 2.40 bits per heavy atom. The van der Waals surface area contributed by atoms with Crippen LogP contribution in [0.4, 0.5) is 0 Å². The van der Waals surface area contributed by atoms with Crippen LogP contribution >= 0.6 is 0 Å². The van der Waals surface area contributed by atoms with Crippen molar-refractivity contribution in [1.82, 2.24) is 0 Å². The van der Waals surface area contributed by atoms with Crippen LogP contribution in [0.3, 0.4) is 0 Å². The summed E-state index contributed by atoms with van der Waals surface area (Å²) in [6, 6.07) is 2.98. The van der Waals surface area contributed by atoms with Crippen molar-refractivity contribution in [1.29, 1.82) is 0 Å². The van der Waals surface area contributed by atoms with E-state index in [2.05, 4.69) is 11.9 Å². The molecule has 1 aromatic rings. The van der Waals surface area contributed by atoms with Crippen LogP contribution in [0, 0.1) is 5.92 Å². The monoisotopic (exact) mass is 367 g/mol. The van der Waals surface area contributed by atoms with Crippen molar-refractivity contribution in [3.05, 3.63) is 23.3 Å². The Morgan fingerprint density at radius 1 is 1.24 bits per heavy atom. The van der Waals surface area contributed by atoms with Crippen LogP contribution in [0.1, 0.15) is 54.4 Å². The number of methoxy groups -OCH3 is 1. The fourth-order valence-corrected chi connectivity index (χ4v) is 4.45. The molecule has 1 aromatic carbocycles. The number of nitrogens with two attached hydrogens (primary N) is 2. The maximum Gasteiger partial charge on any atom is 0.283 e. The van der Waals surface area contributed by atoms with Crippen LogP contribution in [-0.4, -0.2) is 33.7 Å². The SMILES string of the molecule is COc1cc(C2CCCCC2C)c(S(C)(=O)=O)cc1C(=O)N=C(N)N. The van der Waals surface area contributed by atoms with Crippen molar-refractivity contribution < 1.29 is 17.9 Å². The Hall–Kier alpha value is -2.09. The van der Waals surface area contributed by atoms with Gasteiger partial charge in [0.05, 0.1) is 17.6 Å². The number of sulfone groups is 1. The fraction of sp³-hybridized carbons (Fsp3) is 0.529. The first-order valence-corrected chi connectivity index (χ1v) is 10.1. The third-order valence-corrected chi connectivity index (χ3v) is 5.86. The second kappa shape index (κ2) is 7.43. The lowest BCUT2D eigenvalue weighted by atomic mass is 9.76. The lowest BCUT2D eigenvalue weighted by Crippen LogP contribution is -2.24. The summed E-state index contributed by atoms with van der Waals surface area (Å²) in [7, 11) is -2.11. The minimum atomic E-state index is -3.53. The zero-order chi connectivity index (χ0) is 18.8. The Morgan fingerprint density at radius 2 is 1.88 bits per heavy atom. The van der Waals surface area contributed by atoms with E-state index in [-0.39, 0.29) is 22.1 Å². The molecule has 2 rings (SSSR count). The lowest BCUT2D eigenvalue weighted by molar-refractivity contribution is 0.0999. The van der Waals surface area contributed by atoms with Gasteiger partial charge in [0.25, 0.3) is 5.91 Å². The number of rotatable bonds is 4. The van der Waals surface area contributed by atoms with E-state index in [1.165, 1.54) is 13.2 Å². The highest BCUT2D eigenvalue weighted by Crippen LogP contribution is 2.42. The summed E-state index contributed by atoms with van der Waals surface area (Å²) in [4.78, 5) is 15.9. The van der Waals surface area contributed by atoms with Gasteiger partial charge in [-0.15, -0.1) is 0 Å². The van der Waals surface area contributed by atoms with E-state index in [9.17, 15) is 13.2 Å². The largest absolute Gasteiger partial charge is 0.496 e. The molecule has 0 aliphatic heterocycles. The predicted octanol–water partition coefficient (Wildman–Crippen LogP) is 1.81. The molecule has 0 aromatic heterocycles. The molecule has 1 aliphatic rings. The summed E-state index contributed by atoms with van der Waals surface area (Å²) >= 11 is 0. The number of carbonyl (C=O) groups excluding carboxylic acids is 1. The highest BCUT2D eigenvalue weighted by molar-refractivity contribution is 7.90. The second-order valence-electron chi connectivity index (χ2n) is 6.57. The van der Waals surface area contributed by atoms with Crippen molar-refractivity contribution in [2.75, 3.05) is 13.4 Å². The molecule has 138 valence electrons. The molecule has 0 spiro atoms. The first kappa shape index (κ1) is 19.2. The number of guanidine groups is 1. The van der Waals surface area contributed by atoms with Gasteiger partial charge >= 0.3 is 0 Å². The molecule has 8 heteroatoms. The zero-order valence-corrected chi connectivity index (χ0v) is 15.6. The number of amides is 1. The van der Waals surface area contributed by atoms with Crippen molar-refractivity contribution >= 4 is 21.7 Å². The van der Waals surface area contributed by atoms with Crippen molar-refractivity contribution in [3.8, 4) is 5.75 Å². The van der Waals surface area contributed by atoms with Gasteiger partial charge in [0.2, 0.25) is 0 Å². The molecule has 1 saturated carbocycles. The molecule has 7 nitrogen and oxygen atoms in total. The van der Waals surface area contributed by atoms with Crippen LogP contribution in [-0.2, 0) is 9.84 Å². The third kappa shape index (κ3) is 4.31. The number of nitrogens with zero attached hydrogens (tertiary/aromatic N) is 1. The second-order valence-corrected chi connectivity index (χ2v) is 8.56. The molecule has 1 aliphatic carbocycles. The van der Waals surface area contributed by atoms with E-state index in [1.807, 2.05) is 0 Å². The molecule has 0 heterocycles. The summed E-state index contributed by atoms with van der Waals surface area (Å²) in [5.74, 6) is -0.379. The van der Waals surface area contributed by atoms with Gasteiger partial charge < -0.3 is 16.2 Å². The lowest BCUT2D eigenvalue weighted by Gasteiger charge is -2.30. The Balaban J connectivity index is 2.68. The average molecular weight is 367 g/mol. The van der Waals surface area contributed by atoms with E-state index in [1.54, 1.807) is 6.07 Å². The topological polar surface area (TPSA) is 125 Å². The van der Waals surface area contributed by atoms with Crippen LogP contribution in [0.15, 0.2) is 22.0 Å². The molecule has 1 amide bonds. The van der Waals surface area contributed by atoms with E-state index in [4.69, 9.17) is 16.2 Å². The number of ether oxygens (including phenoxy) is 1. The molecule has 0 saturated heterocycles. The normalized spacial score (nSPS) is 20.8. The van der Waals surface area contributed by atoms with Gasteiger partial charge in [0.1, 0.15) is 5.75 Å². The van der Waals surface area contributed by atoms with E-state index in [0.717, 1.165) is 31.9 Å². The van der Waals surface area contributed by atoms with Gasteiger partial charge in [0.15, 0.2) is 15.8 Å². The van der Waals surface area contributed by atoms with Crippen LogP contribution in [0.25, 0.3) is 0 Å². The number of carbonyl (C=O) groups is 1. The van der Waals surface area contributed by atoms with Gasteiger partial charge in [0, 0.05) is 6.26 Å². The number of aliphatic imine (C=N–C) groups is 1. The van der Waals surface area contributed by atoms with E-state index in [0.29, 0.717) is 11.5 Å². The first-order valence-electron chi connectivity index (χ1n) is 8.21. The Kier molecular flexibility index (Phi) is 5.72. The van der Waals surface area contributed by atoms with Crippen LogP contribution in [0.5, 0.6) is 5.75 Å². The van der Waals surface area contributed by atoms with Gasteiger partial charge in [-0.1, -0.05) is 26.2 Å². The maximum absolute atomic E-state index is 12.4. The summed E-state index contributed by atoms with van der Waals surface area (Å²) in [6.07, 6.45) is 5.29. The molecule has 25 heavy (non-hydrogen) atoms. The third-order valence-electron chi connectivity index (χ3n) is 4.70. The van der Waals surface area contributed by atoms with Crippen LogP contribution in [0.2, 0.25) is 0 Å².